The van der Waals surface area contributed by atoms with Gasteiger partial charge >= 0.3 is 0 Å². The maximum atomic E-state index is 8.67. The third kappa shape index (κ3) is 3.86. The van der Waals surface area contributed by atoms with Gasteiger partial charge in [0.1, 0.15) is 6.10 Å². The molecule has 1 N–H and O–H groups in total. The van der Waals surface area contributed by atoms with E-state index in [0.717, 1.165) is 19.1 Å². The zero-order valence-corrected chi connectivity index (χ0v) is 7.75. The van der Waals surface area contributed by atoms with E-state index in [4.69, 9.17) is 14.3 Å². The van der Waals surface area contributed by atoms with Crippen molar-refractivity contribution in [2.75, 3.05) is 13.2 Å². The minimum Gasteiger partial charge on any atom is -0.432 e. The highest BCUT2D eigenvalue weighted by Gasteiger charge is 2.23. The smallest absolute Gasteiger partial charge is 0.226 e. The Labute approximate surface area is 69.6 Å². The average molecular weight is 174 g/mol. The standard InChI is InChI=1S/C7H14O3Si/c1-2-6(5-11-8)9-3-7-4-10-7/h6-8H,2-5H2,1H3. The lowest BCUT2D eigenvalue weighted by atomic mass is 10.3. The van der Waals surface area contributed by atoms with Crippen LogP contribution >= 0.6 is 0 Å². The van der Waals surface area contributed by atoms with Crippen molar-refractivity contribution in [3.63, 3.8) is 0 Å². The molecule has 2 atom stereocenters. The Balaban J connectivity index is 1.98. The molecule has 0 aromatic rings. The fourth-order valence-electron chi connectivity index (χ4n) is 0.831. The summed E-state index contributed by atoms with van der Waals surface area (Å²) in [6.45, 7) is 3.61. The van der Waals surface area contributed by atoms with Crippen LogP contribution in [0.25, 0.3) is 0 Å². The van der Waals surface area contributed by atoms with Crippen LogP contribution in [0.2, 0.25) is 6.04 Å². The van der Waals surface area contributed by atoms with Gasteiger partial charge in [0.25, 0.3) is 0 Å². The summed E-state index contributed by atoms with van der Waals surface area (Å²) in [5.74, 6) is 0. The van der Waals surface area contributed by atoms with Crippen LogP contribution in [0.4, 0.5) is 0 Å². The van der Waals surface area contributed by atoms with Crippen LogP contribution in [0, 0.1) is 0 Å². The summed E-state index contributed by atoms with van der Waals surface area (Å²) in [7, 11) is 0.00292. The number of hydrogen-bond donors (Lipinski definition) is 1. The molecule has 1 heterocycles. The van der Waals surface area contributed by atoms with Crippen LogP contribution in [0.5, 0.6) is 0 Å². The highest BCUT2D eigenvalue weighted by Crippen LogP contribution is 2.12. The fraction of sp³-hybridized carbons (Fsp3) is 1.00. The van der Waals surface area contributed by atoms with Crippen molar-refractivity contribution in [1.29, 1.82) is 0 Å². The van der Waals surface area contributed by atoms with E-state index in [-0.39, 0.29) is 15.9 Å². The summed E-state index contributed by atoms with van der Waals surface area (Å²) in [5, 5.41) is 0. The largest absolute Gasteiger partial charge is 0.432 e. The predicted molar refractivity (Wildman–Crippen MR) is 42.6 cm³/mol. The molecule has 11 heavy (non-hydrogen) atoms. The normalized spacial score (nSPS) is 25.1. The van der Waals surface area contributed by atoms with Crippen molar-refractivity contribution in [1.82, 2.24) is 0 Å². The maximum Gasteiger partial charge on any atom is 0.226 e. The van der Waals surface area contributed by atoms with E-state index in [1.54, 1.807) is 0 Å². The first kappa shape index (κ1) is 9.19. The van der Waals surface area contributed by atoms with E-state index in [1.165, 1.54) is 0 Å². The molecule has 0 saturated carbocycles. The highest BCUT2D eigenvalue weighted by molar-refractivity contribution is 6.25. The molecule has 1 aliphatic heterocycles. The zero-order chi connectivity index (χ0) is 8.10. The van der Waals surface area contributed by atoms with E-state index in [9.17, 15) is 0 Å². The van der Waals surface area contributed by atoms with Gasteiger partial charge in [0, 0.05) is 0 Å². The Morgan fingerprint density at radius 2 is 2.55 bits per heavy atom. The average Bonchev–Trinajstić information content (AvgIpc) is 2.81. The molecule has 4 heteroatoms. The summed E-state index contributed by atoms with van der Waals surface area (Å²) in [6, 6.07) is 0.767. The Morgan fingerprint density at radius 3 is 3.00 bits per heavy atom. The lowest BCUT2D eigenvalue weighted by molar-refractivity contribution is 0.0513. The molecule has 1 rings (SSSR count). The van der Waals surface area contributed by atoms with Gasteiger partial charge < -0.3 is 14.3 Å². The van der Waals surface area contributed by atoms with Crippen molar-refractivity contribution >= 4 is 9.76 Å². The van der Waals surface area contributed by atoms with Crippen LogP contribution in [-0.2, 0) is 9.47 Å². The number of rotatable bonds is 6. The second-order valence-electron chi connectivity index (χ2n) is 2.68. The zero-order valence-electron chi connectivity index (χ0n) is 6.75. The van der Waals surface area contributed by atoms with Crippen molar-refractivity contribution in [2.24, 2.45) is 0 Å². The Kier molecular flexibility index (Phi) is 4.07. The first-order valence-corrected chi connectivity index (χ1v) is 5.12. The topological polar surface area (TPSA) is 42.0 Å². The van der Waals surface area contributed by atoms with E-state index in [2.05, 4.69) is 6.92 Å². The van der Waals surface area contributed by atoms with Crippen molar-refractivity contribution in [2.45, 2.75) is 31.6 Å². The molecule has 2 radical (unpaired) electrons. The van der Waals surface area contributed by atoms with Gasteiger partial charge in [-0.2, -0.15) is 0 Å². The van der Waals surface area contributed by atoms with Gasteiger partial charge in [-0.15, -0.1) is 0 Å². The molecule has 1 fully saturated rings. The molecule has 0 bridgehead atoms. The van der Waals surface area contributed by atoms with Crippen LogP contribution in [0.15, 0.2) is 0 Å². The van der Waals surface area contributed by atoms with Crippen LogP contribution in [-0.4, -0.2) is 40.0 Å². The van der Waals surface area contributed by atoms with Crippen molar-refractivity contribution < 1.29 is 14.3 Å². The fourth-order valence-corrected chi connectivity index (χ4v) is 1.44. The van der Waals surface area contributed by atoms with Gasteiger partial charge in [-0.05, 0) is 12.5 Å². The number of hydrogen-bond acceptors (Lipinski definition) is 3. The summed E-state index contributed by atoms with van der Waals surface area (Å²) in [6.07, 6.45) is 1.54. The van der Waals surface area contributed by atoms with Crippen LogP contribution < -0.4 is 0 Å². The van der Waals surface area contributed by atoms with Gasteiger partial charge in [0.05, 0.1) is 19.3 Å². The van der Waals surface area contributed by atoms with E-state index < -0.39 is 0 Å². The molecular formula is C7H14O3Si. The van der Waals surface area contributed by atoms with Crippen molar-refractivity contribution in [3.05, 3.63) is 0 Å². The van der Waals surface area contributed by atoms with Crippen LogP contribution in [0.3, 0.4) is 0 Å². The van der Waals surface area contributed by atoms with E-state index in [0.29, 0.717) is 12.7 Å². The Bertz CT molecular complexity index is 106. The molecular weight excluding hydrogens is 160 g/mol. The lowest BCUT2D eigenvalue weighted by Gasteiger charge is -2.12. The lowest BCUT2D eigenvalue weighted by Crippen LogP contribution is -2.16. The van der Waals surface area contributed by atoms with Gasteiger partial charge in [-0.3, -0.25) is 0 Å². The molecule has 3 nitrogen and oxygen atoms in total. The monoisotopic (exact) mass is 174 g/mol. The molecule has 1 saturated heterocycles. The first-order valence-electron chi connectivity index (χ1n) is 3.97. The first-order chi connectivity index (χ1) is 5.36. The molecule has 0 aromatic carbocycles. The highest BCUT2D eigenvalue weighted by atomic mass is 28.2. The molecule has 2 unspecified atom stereocenters. The number of epoxide rings is 1. The molecule has 0 aliphatic carbocycles. The Morgan fingerprint density at radius 1 is 1.82 bits per heavy atom. The molecule has 1 aliphatic rings. The third-order valence-electron chi connectivity index (χ3n) is 1.69. The van der Waals surface area contributed by atoms with E-state index >= 15 is 0 Å². The quantitative estimate of drug-likeness (QED) is 0.462. The Hall–Kier alpha value is 0.0969. The minimum atomic E-state index is 0.00292. The number of ether oxygens (including phenoxy) is 2. The summed E-state index contributed by atoms with van der Waals surface area (Å²) < 4.78 is 10.5. The molecule has 0 spiro atoms. The van der Waals surface area contributed by atoms with Gasteiger partial charge in [0.2, 0.25) is 9.76 Å². The predicted octanol–water partition coefficient (Wildman–Crippen LogP) is 0.210. The second kappa shape index (κ2) is 4.87. The molecule has 0 aromatic heterocycles. The minimum absolute atomic E-state index is 0.00292. The molecule has 64 valence electrons. The van der Waals surface area contributed by atoms with Crippen LogP contribution in [0.1, 0.15) is 13.3 Å². The van der Waals surface area contributed by atoms with Crippen molar-refractivity contribution in [3.8, 4) is 0 Å². The second-order valence-corrected chi connectivity index (χ2v) is 3.41. The van der Waals surface area contributed by atoms with Gasteiger partial charge in [-0.1, -0.05) is 6.92 Å². The van der Waals surface area contributed by atoms with Gasteiger partial charge in [0.15, 0.2) is 0 Å². The van der Waals surface area contributed by atoms with Gasteiger partial charge in [-0.25, -0.2) is 0 Å². The SMILES string of the molecule is CCC(C[Si]O)OCC1CO1. The summed E-state index contributed by atoms with van der Waals surface area (Å²) in [4.78, 5) is 8.67. The summed E-state index contributed by atoms with van der Waals surface area (Å²) in [5.41, 5.74) is 0. The van der Waals surface area contributed by atoms with E-state index in [1.807, 2.05) is 0 Å². The maximum absolute atomic E-state index is 8.67. The molecule has 0 amide bonds. The third-order valence-corrected chi connectivity index (χ3v) is 2.33. The summed E-state index contributed by atoms with van der Waals surface area (Å²) >= 11 is 0.